The first-order valence-electron chi connectivity index (χ1n) is 4.17. The fourth-order valence-corrected chi connectivity index (χ4v) is 1.13. The van der Waals surface area contributed by atoms with Gasteiger partial charge in [0.15, 0.2) is 0 Å². The molecule has 1 aliphatic rings. The third-order valence-electron chi connectivity index (χ3n) is 2.12. The minimum atomic E-state index is -0.376. The van der Waals surface area contributed by atoms with Crippen LogP contribution in [0.4, 0.5) is 0 Å². The Kier molecular flexibility index (Phi) is 2.68. The van der Waals surface area contributed by atoms with E-state index in [4.69, 9.17) is 5.73 Å². The van der Waals surface area contributed by atoms with Gasteiger partial charge in [0.05, 0.1) is 0 Å². The third-order valence-corrected chi connectivity index (χ3v) is 2.12. The molecule has 0 bridgehead atoms. The molecule has 1 saturated carbocycles. The van der Waals surface area contributed by atoms with Gasteiger partial charge in [-0.25, -0.2) is 0 Å². The molecule has 2 atom stereocenters. The van der Waals surface area contributed by atoms with Gasteiger partial charge in [-0.15, -0.1) is 0 Å². The zero-order chi connectivity index (χ0) is 9.14. The van der Waals surface area contributed by atoms with Crippen molar-refractivity contribution in [1.29, 1.82) is 0 Å². The van der Waals surface area contributed by atoms with Gasteiger partial charge in [0.2, 0.25) is 11.8 Å². The molecule has 0 aromatic carbocycles. The van der Waals surface area contributed by atoms with Crippen LogP contribution in [0, 0.1) is 11.8 Å². The van der Waals surface area contributed by atoms with Gasteiger partial charge in [0.1, 0.15) is 0 Å². The summed E-state index contributed by atoms with van der Waals surface area (Å²) in [5.41, 5.74) is 4.91. The van der Waals surface area contributed by atoms with Gasteiger partial charge in [-0.1, -0.05) is 6.92 Å². The van der Waals surface area contributed by atoms with Crippen LogP contribution in [0.15, 0.2) is 0 Å². The van der Waals surface area contributed by atoms with Gasteiger partial charge in [-0.2, -0.15) is 0 Å². The van der Waals surface area contributed by atoms with E-state index in [1.807, 2.05) is 6.92 Å². The number of carbonyl (C=O) groups is 2. The summed E-state index contributed by atoms with van der Waals surface area (Å²) in [4.78, 5) is 21.4. The molecule has 0 aliphatic heterocycles. The van der Waals surface area contributed by atoms with Crippen LogP contribution in [0.25, 0.3) is 0 Å². The van der Waals surface area contributed by atoms with Crippen molar-refractivity contribution >= 4 is 11.8 Å². The molecule has 68 valence electrons. The van der Waals surface area contributed by atoms with Crippen LogP contribution in [-0.4, -0.2) is 18.4 Å². The number of rotatable bonds is 4. The fraction of sp³-hybridized carbons (Fsp3) is 0.750. The Balaban J connectivity index is 2.07. The Morgan fingerprint density at radius 1 is 1.58 bits per heavy atom. The average molecular weight is 170 g/mol. The SMILES string of the molecule is CC1CC1C(=O)NCCC(N)=O. The van der Waals surface area contributed by atoms with Gasteiger partial charge in [0, 0.05) is 18.9 Å². The molecule has 0 saturated heterocycles. The molecule has 0 heterocycles. The molecule has 4 nitrogen and oxygen atoms in total. The van der Waals surface area contributed by atoms with Crippen molar-refractivity contribution < 1.29 is 9.59 Å². The highest BCUT2D eigenvalue weighted by atomic mass is 16.2. The maximum atomic E-state index is 11.1. The molecule has 2 unspecified atom stereocenters. The van der Waals surface area contributed by atoms with E-state index < -0.39 is 0 Å². The van der Waals surface area contributed by atoms with Crippen LogP contribution in [0.1, 0.15) is 19.8 Å². The topological polar surface area (TPSA) is 72.2 Å². The fourth-order valence-electron chi connectivity index (χ4n) is 1.13. The number of amides is 2. The lowest BCUT2D eigenvalue weighted by molar-refractivity contribution is -0.122. The lowest BCUT2D eigenvalue weighted by atomic mass is 10.3. The van der Waals surface area contributed by atoms with Crippen LogP contribution in [0.3, 0.4) is 0 Å². The van der Waals surface area contributed by atoms with E-state index >= 15 is 0 Å². The van der Waals surface area contributed by atoms with E-state index in [0.29, 0.717) is 12.5 Å². The van der Waals surface area contributed by atoms with Gasteiger partial charge in [-0.05, 0) is 12.3 Å². The summed E-state index contributed by atoms with van der Waals surface area (Å²) in [5, 5.41) is 2.67. The molecule has 1 rings (SSSR count). The molecule has 0 aromatic rings. The van der Waals surface area contributed by atoms with Crippen molar-refractivity contribution in [2.24, 2.45) is 17.6 Å². The maximum absolute atomic E-state index is 11.1. The summed E-state index contributed by atoms with van der Waals surface area (Å²) in [5.74, 6) is 0.374. The number of nitrogens with one attached hydrogen (secondary N) is 1. The molecule has 4 heteroatoms. The summed E-state index contributed by atoms with van der Waals surface area (Å²) in [7, 11) is 0. The van der Waals surface area contributed by atoms with Gasteiger partial charge in [-0.3, -0.25) is 9.59 Å². The van der Waals surface area contributed by atoms with Crippen molar-refractivity contribution in [3.8, 4) is 0 Å². The van der Waals surface area contributed by atoms with Crippen LogP contribution in [0.5, 0.6) is 0 Å². The highest BCUT2D eigenvalue weighted by Gasteiger charge is 2.38. The second-order valence-electron chi connectivity index (χ2n) is 3.33. The summed E-state index contributed by atoms with van der Waals surface area (Å²) >= 11 is 0. The Bertz CT molecular complexity index is 203. The minimum absolute atomic E-state index is 0.0590. The number of nitrogens with two attached hydrogens (primary N) is 1. The second kappa shape index (κ2) is 3.56. The first-order valence-corrected chi connectivity index (χ1v) is 4.17. The molecule has 12 heavy (non-hydrogen) atoms. The van der Waals surface area contributed by atoms with Crippen molar-refractivity contribution in [3.05, 3.63) is 0 Å². The molecular weight excluding hydrogens is 156 g/mol. The molecule has 3 N–H and O–H groups in total. The van der Waals surface area contributed by atoms with E-state index in [1.54, 1.807) is 0 Å². The van der Waals surface area contributed by atoms with E-state index in [2.05, 4.69) is 5.32 Å². The highest BCUT2D eigenvalue weighted by molar-refractivity contribution is 5.82. The summed E-state index contributed by atoms with van der Waals surface area (Å²) in [6.07, 6.45) is 1.20. The van der Waals surface area contributed by atoms with Crippen LogP contribution in [-0.2, 0) is 9.59 Å². The minimum Gasteiger partial charge on any atom is -0.370 e. The Hall–Kier alpha value is -1.06. The quantitative estimate of drug-likeness (QED) is 0.604. The smallest absolute Gasteiger partial charge is 0.223 e. The predicted molar refractivity (Wildman–Crippen MR) is 44.1 cm³/mol. The standard InChI is InChI=1S/C8H14N2O2/c1-5-4-6(5)8(12)10-3-2-7(9)11/h5-6H,2-4H2,1H3,(H2,9,11)(H,10,12). The first-order chi connectivity index (χ1) is 5.61. The normalized spacial score (nSPS) is 26.4. The Morgan fingerprint density at radius 2 is 2.17 bits per heavy atom. The summed E-state index contributed by atoms with van der Waals surface area (Å²) < 4.78 is 0. The average Bonchev–Trinajstić information content (AvgIpc) is 2.66. The maximum Gasteiger partial charge on any atom is 0.223 e. The number of primary amides is 1. The lowest BCUT2D eigenvalue weighted by Crippen LogP contribution is -2.29. The van der Waals surface area contributed by atoms with E-state index in [1.165, 1.54) is 0 Å². The molecule has 2 amide bonds. The van der Waals surface area contributed by atoms with Crippen molar-refractivity contribution in [2.75, 3.05) is 6.54 Å². The molecule has 0 radical (unpaired) electrons. The Morgan fingerprint density at radius 3 is 2.58 bits per heavy atom. The zero-order valence-corrected chi connectivity index (χ0v) is 7.17. The predicted octanol–water partition coefficient (Wildman–Crippen LogP) is -0.366. The van der Waals surface area contributed by atoms with Crippen LogP contribution in [0.2, 0.25) is 0 Å². The Labute approximate surface area is 71.5 Å². The third kappa shape index (κ3) is 2.53. The van der Waals surface area contributed by atoms with Crippen molar-refractivity contribution in [3.63, 3.8) is 0 Å². The van der Waals surface area contributed by atoms with Gasteiger partial charge >= 0.3 is 0 Å². The number of hydrogen-bond donors (Lipinski definition) is 2. The molecule has 0 spiro atoms. The van der Waals surface area contributed by atoms with Gasteiger partial charge < -0.3 is 11.1 Å². The summed E-state index contributed by atoms with van der Waals surface area (Å²) in [6, 6.07) is 0. The molecule has 1 fully saturated rings. The molecular formula is C8H14N2O2. The van der Waals surface area contributed by atoms with E-state index in [0.717, 1.165) is 6.42 Å². The monoisotopic (exact) mass is 170 g/mol. The first kappa shape index (κ1) is 9.03. The van der Waals surface area contributed by atoms with Crippen LogP contribution < -0.4 is 11.1 Å². The van der Waals surface area contributed by atoms with Crippen molar-refractivity contribution in [2.45, 2.75) is 19.8 Å². The molecule has 1 aliphatic carbocycles. The molecule has 0 aromatic heterocycles. The van der Waals surface area contributed by atoms with Crippen LogP contribution >= 0.6 is 0 Å². The van der Waals surface area contributed by atoms with E-state index in [9.17, 15) is 9.59 Å². The second-order valence-corrected chi connectivity index (χ2v) is 3.33. The zero-order valence-electron chi connectivity index (χ0n) is 7.17. The van der Waals surface area contributed by atoms with Crippen molar-refractivity contribution in [1.82, 2.24) is 5.32 Å². The largest absolute Gasteiger partial charge is 0.370 e. The number of hydrogen-bond acceptors (Lipinski definition) is 2. The lowest BCUT2D eigenvalue weighted by Gasteiger charge is -2.01. The van der Waals surface area contributed by atoms with E-state index in [-0.39, 0.29) is 24.2 Å². The van der Waals surface area contributed by atoms with Gasteiger partial charge in [0.25, 0.3) is 0 Å². The summed E-state index contributed by atoms with van der Waals surface area (Å²) in [6.45, 7) is 2.41. The number of carbonyl (C=O) groups excluding carboxylic acids is 2. The highest BCUT2D eigenvalue weighted by Crippen LogP contribution is 2.37.